The van der Waals surface area contributed by atoms with Crippen LogP contribution in [0.15, 0.2) is 18.2 Å². The molecule has 106 valence electrons. The predicted octanol–water partition coefficient (Wildman–Crippen LogP) is 4.49. The molecule has 0 N–H and O–H groups in total. The van der Waals surface area contributed by atoms with Gasteiger partial charge in [-0.2, -0.15) is 0 Å². The van der Waals surface area contributed by atoms with Gasteiger partial charge in [0.05, 0.1) is 5.56 Å². The smallest absolute Gasteiger partial charge is 0.405 e. The van der Waals surface area contributed by atoms with Crippen LogP contribution in [-0.2, 0) is 0 Å². The fourth-order valence-electron chi connectivity index (χ4n) is 1.34. The lowest BCUT2D eigenvalue weighted by molar-refractivity contribution is -0.274. The van der Waals surface area contributed by atoms with Gasteiger partial charge in [-0.05, 0) is 18.2 Å². The number of carbonyl (C=O) groups is 1. The molecule has 1 aromatic rings. The molecular formula is C11H8BrF5O2. The van der Waals surface area contributed by atoms with Gasteiger partial charge < -0.3 is 4.74 Å². The fraction of sp³-hybridized carbons (Fsp3) is 0.364. The summed E-state index contributed by atoms with van der Waals surface area (Å²) in [5.74, 6) is -1.48. The Morgan fingerprint density at radius 1 is 1.32 bits per heavy atom. The number of hydrogen-bond donors (Lipinski definition) is 0. The van der Waals surface area contributed by atoms with Crippen molar-refractivity contribution >= 4 is 21.7 Å². The standard InChI is InChI=1S/C11H8BrF5O2/c12-4-3-8(18)7-5-6(10(13)14)1-2-9(7)19-11(15,16)17/h1-2,5,10H,3-4H2. The molecule has 0 bridgehead atoms. The van der Waals surface area contributed by atoms with Gasteiger partial charge >= 0.3 is 6.36 Å². The van der Waals surface area contributed by atoms with E-state index in [1.807, 2.05) is 0 Å². The molecule has 0 fully saturated rings. The highest BCUT2D eigenvalue weighted by Crippen LogP contribution is 2.31. The van der Waals surface area contributed by atoms with Gasteiger partial charge in [-0.25, -0.2) is 8.78 Å². The Labute approximate surface area is 113 Å². The third-order valence-electron chi connectivity index (χ3n) is 2.10. The average Bonchev–Trinajstić information content (AvgIpc) is 2.27. The number of hydrogen-bond acceptors (Lipinski definition) is 2. The topological polar surface area (TPSA) is 26.3 Å². The van der Waals surface area contributed by atoms with Crippen molar-refractivity contribution in [2.24, 2.45) is 0 Å². The summed E-state index contributed by atoms with van der Waals surface area (Å²) in [7, 11) is 0. The van der Waals surface area contributed by atoms with Crippen LogP contribution in [0.4, 0.5) is 22.0 Å². The van der Waals surface area contributed by atoms with E-state index < -0.39 is 35.4 Å². The van der Waals surface area contributed by atoms with E-state index in [2.05, 4.69) is 20.7 Å². The largest absolute Gasteiger partial charge is 0.573 e. The molecular weight excluding hydrogens is 339 g/mol. The quantitative estimate of drug-likeness (QED) is 0.446. The summed E-state index contributed by atoms with van der Waals surface area (Å²) in [5.41, 5.74) is -1.04. The van der Waals surface area contributed by atoms with Crippen molar-refractivity contribution in [2.75, 3.05) is 5.33 Å². The molecule has 0 aliphatic heterocycles. The third-order valence-corrected chi connectivity index (χ3v) is 2.50. The molecule has 0 amide bonds. The number of carbonyl (C=O) groups excluding carboxylic acids is 1. The number of benzene rings is 1. The van der Waals surface area contributed by atoms with Gasteiger partial charge in [-0.15, -0.1) is 13.2 Å². The number of ether oxygens (including phenoxy) is 1. The Morgan fingerprint density at radius 3 is 2.42 bits per heavy atom. The third kappa shape index (κ3) is 4.77. The van der Waals surface area contributed by atoms with E-state index in [1.54, 1.807) is 0 Å². The second-order valence-corrected chi connectivity index (χ2v) is 4.26. The van der Waals surface area contributed by atoms with Gasteiger partial charge in [0.25, 0.3) is 6.43 Å². The summed E-state index contributed by atoms with van der Waals surface area (Å²) in [6.45, 7) is 0. The second-order valence-electron chi connectivity index (χ2n) is 3.47. The fourth-order valence-corrected chi connectivity index (χ4v) is 1.70. The summed E-state index contributed by atoms with van der Waals surface area (Å²) in [6.07, 6.45) is -7.99. The highest BCUT2D eigenvalue weighted by atomic mass is 79.9. The molecule has 0 unspecified atom stereocenters. The Balaban J connectivity index is 3.18. The van der Waals surface area contributed by atoms with Crippen LogP contribution in [0.1, 0.15) is 28.8 Å². The maximum atomic E-state index is 12.5. The normalized spacial score (nSPS) is 11.7. The molecule has 1 rings (SSSR count). The predicted molar refractivity (Wildman–Crippen MR) is 60.8 cm³/mol. The van der Waals surface area contributed by atoms with Crippen LogP contribution >= 0.6 is 15.9 Å². The van der Waals surface area contributed by atoms with Crippen molar-refractivity contribution in [1.29, 1.82) is 0 Å². The van der Waals surface area contributed by atoms with Crippen LogP contribution in [0.2, 0.25) is 0 Å². The Morgan fingerprint density at radius 2 is 1.95 bits per heavy atom. The Bertz CT molecular complexity index is 459. The molecule has 0 aliphatic carbocycles. The lowest BCUT2D eigenvalue weighted by atomic mass is 10.0. The molecule has 0 heterocycles. The Hall–Kier alpha value is -1.18. The molecule has 0 aliphatic rings. The molecule has 0 saturated heterocycles. The minimum atomic E-state index is -4.99. The summed E-state index contributed by atoms with van der Waals surface area (Å²) in [6, 6.07) is 2.23. The van der Waals surface area contributed by atoms with Crippen LogP contribution in [-0.4, -0.2) is 17.5 Å². The van der Waals surface area contributed by atoms with Gasteiger partial charge in [-0.3, -0.25) is 4.79 Å². The second kappa shape index (κ2) is 6.31. The highest BCUT2D eigenvalue weighted by Gasteiger charge is 2.33. The highest BCUT2D eigenvalue weighted by molar-refractivity contribution is 9.09. The molecule has 0 atom stereocenters. The number of rotatable bonds is 5. The van der Waals surface area contributed by atoms with E-state index in [-0.39, 0.29) is 11.8 Å². The van der Waals surface area contributed by atoms with Crippen molar-refractivity contribution in [2.45, 2.75) is 19.2 Å². The lowest BCUT2D eigenvalue weighted by Gasteiger charge is -2.13. The van der Waals surface area contributed by atoms with Gasteiger partial charge in [0.15, 0.2) is 5.78 Å². The summed E-state index contributed by atoms with van der Waals surface area (Å²) >= 11 is 2.95. The van der Waals surface area contributed by atoms with E-state index in [9.17, 15) is 26.7 Å². The van der Waals surface area contributed by atoms with Crippen LogP contribution in [0.5, 0.6) is 5.75 Å². The molecule has 0 saturated carbocycles. The van der Waals surface area contributed by atoms with Crippen LogP contribution in [0.3, 0.4) is 0 Å². The first kappa shape index (κ1) is 15.9. The number of Topliss-reactive ketones (excluding diaryl/α,β-unsaturated/α-hetero) is 1. The SMILES string of the molecule is O=C(CCBr)c1cc(C(F)F)ccc1OC(F)(F)F. The first-order valence-electron chi connectivity index (χ1n) is 5.01. The van der Waals surface area contributed by atoms with Crippen molar-refractivity contribution in [3.05, 3.63) is 29.3 Å². The number of alkyl halides is 6. The van der Waals surface area contributed by atoms with Gasteiger partial charge in [0.1, 0.15) is 5.75 Å². The minimum Gasteiger partial charge on any atom is -0.405 e. The van der Waals surface area contributed by atoms with E-state index in [0.717, 1.165) is 18.2 Å². The summed E-state index contributed by atoms with van der Waals surface area (Å²) in [4.78, 5) is 11.6. The molecule has 0 aromatic heterocycles. The van der Waals surface area contributed by atoms with E-state index in [4.69, 9.17) is 0 Å². The summed E-state index contributed by atoms with van der Waals surface area (Å²) < 4.78 is 65.0. The monoisotopic (exact) mass is 346 g/mol. The average molecular weight is 347 g/mol. The lowest BCUT2D eigenvalue weighted by Crippen LogP contribution is -2.19. The zero-order chi connectivity index (χ0) is 14.6. The van der Waals surface area contributed by atoms with Crippen LogP contribution in [0.25, 0.3) is 0 Å². The molecule has 8 heteroatoms. The first-order valence-corrected chi connectivity index (χ1v) is 6.13. The van der Waals surface area contributed by atoms with Crippen LogP contribution < -0.4 is 4.74 Å². The van der Waals surface area contributed by atoms with E-state index in [1.165, 1.54) is 0 Å². The number of halogens is 6. The van der Waals surface area contributed by atoms with Gasteiger partial charge in [0.2, 0.25) is 0 Å². The van der Waals surface area contributed by atoms with Crippen LogP contribution in [0, 0.1) is 0 Å². The minimum absolute atomic E-state index is 0.124. The Kier molecular flexibility index (Phi) is 5.28. The van der Waals surface area contributed by atoms with E-state index >= 15 is 0 Å². The maximum Gasteiger partial charge on any atom is 0.573 e. The van der Waals surface area contributed by atoms with Crippen molar-refractivity contribution < 1.29 is 31.5 Å². The van der Waals surface area contributed by atoms with E-state index in [0.29, 0.717) is 0 Å². The zero-order valence-electron chi connectivity index (χ0n) is 9.31. The molecule has 0 radical (unpaired) electrons. The van der Waals surface area contributed by atoms with Crippen molar-refractivity contribution in [3.8, 4) is 5.75 Å². The van der Waals surface area contributed by atoms with Gasteiger partial charge in [0, 0.05) is 17.3 Å². The van der Waals surface area contributed by atoms with Gasteiger partial charge in [-0.1, -0.05) is 15.9 Å². The molecule has 1 aromatic carbocycles. The molecule has 2 nitrogen and oxygen atoms in total. The molecule has 0 spiro atoms. The van der Waals surface area contributed by atoms with Crippen molar-refractivity contribution in [1.82, 2.24) is 0 Å². The molecule has 19 heavy (non-hydrogen) atoms. The first-order chi connectivity index (χ1) is 8.74. The van der Waals surface area contributed by atoms with Crippen molar-refractivity contribution in [3.63, 3.8) is 0 Å². The summed E-state index contributed by atoms with van der Waals surface area (Å²) in [5, 5.41) is 0.205. The maximum absolute atomic E-state index is 12.5. The number of ketones is 1. The zero-order valence-corrected chi connectivity index (χ0v) is 10.9.